The highest BCUT2D eigenvalue weighted by atomic mass is 28.4. The summed E-state index contributed by atoms with van der Waals surface area (Å²) in [6.07, 6.45) is 0.292. The number of carbonyl (C=O) groups is 3. The summed E-state index contributed by atoms with van der Waals surface area (Å²) >= 11 is 0. The van der Waals surface area contributed by atoms with Crippen molar-refractivity contribution in [3.8, 4) is 0 Å². The summed E-state index contributed by atoms with van der Waals surface area (Å²) in [7, 11) is -3.60. The van der Waals surface area contributed by atoms with Crippen LogP contribution in [-0.2, 0) is 26.5 Å². The zero-order valence-corrected chi connectivity index (χ0v) is 28.1. The molecule has 13 heteroatoms. The lowest BCUT2D eigenvalue weighted by atomic mass is 9.82. The van der Waals surface area contributed by atoms with E-state index in [2.05, 4.69) is 5.32 Å². The van der Waals surface area contributed by atoms with Gasteiger partial charge in [-0.25, -0.2) is 0 Å². The van der Waals surface area contributed by atoms with Crippen molar-refractivity contribution in [2.75, 3.05) is 23.4 Å². The molecule has 2 fully saturated rings. The second-order valence-corrected chi connectivity index (χ2v) is 17.2. The normalized spacial score (nSPS) is 25.1. The molecule has 5 atom stereocenters. The summed E-state index contributed by atoms with van der Waals surface area (Å²) in [5.74, 6) is -1.81. The number of halogens is 1. The number of rotatable bonds is 9. The molecule has 0 aromatic heterocycles. The van der Waals surface area contributed by atoms with Crippen molar-refractivity contribution in [1.82, 2.24) is 4.90 Å². The Morgan fingerprint density at radius 1 is 1.12 bits per heavy atom. The number of hydrogen-bond acceptors (Lipinski definition) is 7. The summed E-state index contributed by atoms with van der Waals surface area (Å²) < 4.78 is 22.9. The molecule has 3 aliphatic rings. The highest BCUT2D eigenvalue weighted by Gasteiger charge is 2.67. The average Bonchev–Trinajstić information content (AvgIpc) is 3.72. The first-order chi connectivity index (χ1) is 22.8. The highest BCUT2D eigenvalue weighted by Crippen LogP contribution is 2.60. The molecule has 2 saturated heterocycles. The number of likely N-dealkylation sites (tertiary alicyclic amines) is 1. The van der Waals surface area contributed by atoms with Gasteiger partial charge < -0.3 is 29.1 Å². The minimum absolute atomic E-state index is 0.0488. The van der Waals surface area contributed by atoms with E-state index in [9.17, 15) is 29.6 Å². The fourth-order valence-electron chi connectivity index (χ4n) is 7.87. The van der Waals surface area contributed by atoms with Gasteiger partial charge in [0.2, 0.25) is 14.3 Å². The topological polar surface area (TPSA) is 142 Å². The molecule has 6 rings (SSSR count). The van der Waals surface area contributed by atoms with Gasteiger partial charge in [0, 0.05) is 47.0 Å². The quantitative estimate of drug-likeness (QED) is 0.131. The fraction of sp³-hybridized carbons (Fsp3) is 0.400. The van der Waals surface area contributed by atoms with Gasteiger partial charge in [0.25, 0.3) is 17.5 Å². The number of carbonyl (C=O) groups excluding carboxylic acids is 3. The zero-order valence-electron chi connectivity index (χ0n) is 27.1. The van der Waals surface area contributed by atoms with Gasteiger partial charge >= 0.3 is 0 Å². The molecular formula is C35H39FN4O7Si. The van der Waals surface area contributed by atoms with Crippen molar-refractivity contribution in [2.45, 2.75) is 69.1 Å². The molecule has 252 valence electrons. The molecule has 2 N–H and O–H groups in total. The molecule has 3 heterocycles. The number of ether oxygens (including phenoxy) is 1. The van der Waals surface area contributed by atoms with Crippen LogP contribution in [0.4, 0.5) is 21.2 Å². The van der Waals surface area contributed by atoms with E-state index in [-0.39, 0.29) is 48.7 Å². The van der Waals surface area contributed by atoms with Crippen LogP contribution in [0.1, 0.15) is 47.7 Å². The maximum Gasteiger partial charge on any atom is 0.269 e. The van der Waals surface area contributed by atoms with Crippen molar-refractivity contribution in [3.05, 3.63) is 99.6 Å². The van der Waals surface area contributed by atoms with Crippen LogP contribution >= 0.6 is 0 Å². The lowest BCUT2D eigenvalue weighted by Gasteiger charge is -2.31. The Hall–Kier alpha value is -4.46. The first-order valence-corrected chi connectivity index (χ1v) is 19.1. The van der Waals surface area contributed by atoms with Gasteiger partial charge in [-0.15, -0.1) is 0 Å². The van der Waals surface area contributed by atoms with Crippen LogP contribution in [0.25, 0.3) is 0 Å². The Bertz CT molecular complexity index is 1750. The third kappa shape index (κ3) is 5.90. The van der Waals surface area contributed by atoms with Gasteiger partial charge in [0.1, 0.15) is 0 Å². The second-order valence-electron chi connectivity index (χ2n) is 13.4. The molecule has 0 saturated carbocycles. The number of fused-ring (bicyclic) bond motifs is 2. The van der Waals surface area contributed by atoms with Gasteiger partial charge in [-0.3, -0.25) is 24.5 Å². The lowest BCUT2D eigenvalue weighted by molar-refractivity contribution is -0.385. The minimum atomic E-state index is -3.60. The lowest BCUT2D eigenvalue weighted by Crippen LogP contribution is -2.45. The Labute approximate surface area is 279 Å². The molecule has 0 radical (unpaired) electrons. The van der Waals surface area contributed by atoms with Gasteiger partial charge in [0.15, 0.2) is 5.60 Å². The van der Waals surface area contributed by atoms with E-state index in [1.54, 1.807) is 60.4 Å². The summed E-state index contributed by atoms with van der Waals surface area (Å²) in [5.41, 5.74) is -0.410. The third-order valence-corrected chi connectivity index (χ3v) is 12.5. The molecular weight excluding hydrogens is 635 g/mol. The van der Waals surface area contributed by atoms with E-state index in [1.807, 2.05) is 6.07 Å². The number of non-ortho nitro benzene ring substituents is 1. The molecule has 3 aromatic rings. The van der Waals surface area contributed by atoms with Crippen molar-refractivity contribution < 1.29 is 33.3 Å². The number of aliphatic hydroxyl groups excluding tert-OH is 1. The number of nitro groups is 1. The van der Waals surface area contributed by atoms with Crippen LogP contribution in [0.5, 0.6) is 0 Å². The van der Waals surface area contributed by atoms with Crippen molar-refractivity contribution in [2.24, 2.45) is 5.92 Å². The Morgan fingerprint density at radius 3 is 2.56 bits per heavy atom. The summed E-state index contributed by atoms with van der Waals surface area (Å²) in [6, 6.07) is 19.6. The molecule has 0 bridgehead atoms. The SMILES string of the molecule is C[C@@H]1[C@@H]([Si](C)(C)F)[C@H](CC(=O)N2CCC[C@H]2CO)O[C@@]12C(=O)N(Cc1cccc(NC(=O)c3ccccc3)c1)c1ccc([N+](=O)[O-])cc12. The van der Waals surface area contributed by atoms with Crippen LogP contribution in [0.3, 0.4) is 0 Å². The van der Waals surface area contributed by atoms with Crippen LogP contribution in [0, 0.1) is 16.0 Å². The molecule has 1 spiro atoms. The molecule has 3 aromatic carbocycles. The first-order valence-electron chi connectivity index (χ1n) is 16.2. The molecule has 0 unspecified atom stereocenters. The summed E-state index contributed by atoms with van der Waals surface area (Å²) in [5, 5.41) is 24.6. The summed E-state index contributed by atoms with van der Waals surface area (Å²) in [6.45, 7) is 5.15. The van der Waals surface area contributed by atoms with Crippen molar-refractivity contribution in [1.29, 1.82) is 0 Å². The van der Waals surface area contributed by atoms with Crippen LogP contribution in [0.2, 0.25) is 18.6 Å². The maximum atomic E-state index is 16.3. The highest BCUT2D eigenvalue weighted by molar-refractivity contribution is 6.72. The largest absolute Gasteiger partial charge is 0.394 e. The van der Waals surface area contributed by atoms with Gasteiger partial charge in [0.05, 0.1) is 42.3 Å². The van der Waals surface area contributed by atoms with Crippen LogP contribution in [-0.4, -0.2) is 66.4 Å². The minimum Gasteiger partial charge on any atom is -0.394 e. The van der Waals surface area contributed by atoms with E-state index >= 15 is 4.11 Å². The predicted molar refractivity (Wildman–Crippen MR) is 180 cm³/mol. The number of aliphatic hydroxyl groups is 1. The first kappa shape index (κ1) is 33.4. The van der Waals surface area contributed by atoms with E-state index in [0.29, 0.717) is 35.5 Å². The van der Waals surface area contributed by atoms with Gasteiger partial charge in [-0.1, -0.05) is 37.3 Å². The standard InChI is InChI=1S/C35H39FN4O7Si/c1-22-32(48(2,3)36)30(19-31(42)38-16-8-13-27(38)21-41)47-35(22)28-18-26(40(45)46)14-15-29(28)39(34(35)44)20-23-9-7-12-25(17-23)37-33(43)24-10-5-4-6-11-24/h4-7,9-12,14-15,17-18,22,27,30,32,41H,8,13,16,19-21H2,1-3H3,(H,37,43)/t22-,27+,30+,32-,35+/m1/s1. The van der Waals surface area contributed by atoms with Gasteiger partial charge in [-0.05, 0) is 61.8 Å². The number of nitro benzene ring substituents is 1. The Balaban J connectivity index is 1.35. The molecule has 0 aliphatic carbocycles. The van der Waals surface area contributed by atoms with Crippen LogP contribution in [0.15, 0.2) is 72.8 Å². The number of nitrogens with one attached hydrogen (secondary N) is 1. The number of anilines is 2. The number of amides is 3. The monoisotopic (exact) mass is 674 g/mol. The maximum absolute atomic E-state index is 16.3. The second kappa shape index (κ2) is 12.9. The van der Waals surface area contributed by atoms with E-state index in [0.717, 1.165) is 6.42 Å². The fourth-order valence-corrected chi connectivity index (χ4v) is 10.4. The number of benzene rings is 3. The van der Waals surface area contributed by atoms with Crippen LogP contribution < -0.4 is 10.2 Å². The molecule has 48 heavy (non-hydrogen) atoms. The summed E-state index contributed by atoms with van der Waals surface area (Å²) in [4.78, 5) is 55.5. The average molecular weight is 675 g/mol. The Morgan fingerprint density at radius 2 is 1.88 bits per heavy atom. The van der Waals surface area contributed by atoms with Crippen molar-refractivity contribution >= 4 is 43.2 Å². The molecule has 3 amide bonds. The molecule has 3 aliphatic heterocycles. The molecule has 11 nitrogen and oxygen atoms in total. The Kier molecular flexibility index (Phi) is 8.96. The van der Waals surface area contributed by atoms with Gasteiger partial charge in [-0.2, -0.15) is 0 Å². The smallest absolute Gasteiger partial charge is 0.269 e. The van der Waals surface area contributed by atoms with E-state index < -0.39 is 42.4 Å². The zero-order chi connectivity index (χ0) is 34.4. The van der Waals surface area contributed by atoms with Crippen molar-refractivity contribution in [3.63, 3.8) is 0 Å². The number of nitrogens with zero attached hydrogens (tertiary/aromatic N) is 3. The predicted octanol–water partition coefficient (Wildman–Crippen LogP) is 5.54. The van der Waals surface area contributed by atoms with E-state index in [1.165, 1.54) is 36.2 Å². The number of hydrogen-bond donors (Lipinski definition) is 2. The third-order valence-electron chi connectivity index (χ3n) is 10.0. The van der Waals surface area contributed by atoms with E-state index in [4.69, 9.17) is 4.74 Å².